The van der Waals surface area contributed by atoms with Gasteiger partial charge in [-0.1, -0.05) is 32.1 Å². The lowest BCUT2D eigenvalue weighted by Crippen LogP contribution is -2.27. The van der Waals surface area contributed by atoms with Crippen LogP contribution in [-0.4, -0.2) is 23.0 Å². The predicted octanol–water partition coefficient (Wildman–Crippen LogP) is 3.47. The van der Waals surface area contributed by atoms with Crippen LogP contribution in [0.1, 0.15) is 44.2 Å². The van der Waals surface area contributed by atoms with Crippen molar-refractivity contribution >= 4 is 17.2 Å². The van der Waals surface area contributed by atoms with E-state index in [1.54, 1.807) is 0 Å². The minimum atomic E-state index is -0.283. The van der Waals surface area contributed by atoms with Gasteiger partial charge in [-0.2, -0.15) is 0 Å². The Morgan fingerprint density at radius 1 is 1.40 bits per heavy atom. The second-order valence-corrected chi connectivity index (χ2v) is 6.27. The Balaban J connectivity index is 2.14. The molecule has 0 bridgehead atoms. The lowest BCUT2D eigenvalue weighted by molar-refractivity contribution is 0.236. The Kier molecular flexibility index (Phi) is 4.76. The largest absolute Gasteiger partial charge is 0.389 e. The summed E-state index contributed by atoms with van der Waals surface area (Å²) in [6.07, 6.45) is 3.67. The van der Waals surface area contributed by atoms with E-state index >= 15 is 0 Å². The first-order chi connectivity index (χ1) is 9.49. The number of hydrogen-bond acceptors (Lipinski definition) is 2. The van der Waals surface area contributed by atoms with Crippen LogP contribution in [0.2, 0.25) is 0 Å². The molecule has 1 saturated heterocycles. The number of halogens is 1. The molecule has 0 atom stereocenters. The summed E-state index contributed by atoms with van der Waals surface area (Å²) in [4.78, 5) is 2.71. The number of nitrogens with two attached hydrogens (primary N) is 1. The van der Waals surface area contributed by atoms with Crippen LogP contribution < -0.4 is 5.73 Å². The molecule has 2 N–H and O–H groups in total. The SMILES string of the molecule is CCC1(CC)CCN(Cc2ccc(F)cc2C(N)=S)C1. The van der Waals surface area contributed by atoms with Gasteiger partial charge in [-0.3, -0.25) is 4.90 Å². The van der Waals surface area contributed by atoms with E-state index in [1.807, 2.05) is 6.07 Å². The lowest BCUT2D eigenvalue weighted by atomic mass is 9.82. The number of nitrogens with zero attached hydrogens (tertiary/aromatic N) is 1. The molecule has 0 radical (unpaired) electrons. The number of rotatable bonds is 5. The van der Waals surface area contributed by atoms with E-state index < -0.39 is 0 Å². The molecule has 110 valence electrons. The van der Waals surface area contributed by atoms with Crippen LogP contribution >= 0.6 is 12.2 Å². The fourth-order valence-corrected chi connectivity index (χ4v) is 3.34. The number of hydrogen-bond donors (Lipinski definition) is 1. The summed E-state index contributed by atoms with van der Waals surface area (Å²) in [6, 6.07) is 4.74. The van der Waals surface area contributed by atoms with Gasteiger partial charge in [0.25, 0.3) is 0 Å². The molecule has 1 aromatic rings. The molecule has 1 fully saturated rings. The molecule has 4 heteroatoms. The maximum absolute atomic E-state index is 13.3. The van der Waals surface area contributed by atoms with Gasteiger partial charge in [0.05, 0.1) is 0 Å². The molecule has 1 aliphatic heterocycles. The van der Waals surface area contributed by atoms with Crippen molar-refractivity contribution in [2.24, 2.45) is 11.1 Å². The summed E-state index contributed by atoms with van der Waals surface area (Å²) in [5.41, 5.74) is 7.86. The second kappa shape index (κ2) is 6.19. The van der Waals surface area contributed by atoms with Crippen LogP contribution in [0.5, 0.6) is 0 Å². The van der Waals surface area contributed by atoms with Crippen LogP contribution in [0.4, 0.5) is 4.39 Å². The van der Waals surface area contributed by atoms with Gasteiger partial charge in [-0.15, -0.1) is 0 Å². The smallest absolute Gasteiger partial charge is 0.123 e. The zero-order valence-corrected chi connectivity index (χ0v) is 13.1. The minimum absolute atomic E-state index is 0.274. The van der Waals surface area contributed by atoms with Crippen molar-refractivity contribution in [2.75, 3.05) is 13.1 Å². The Labute approximate surface area is 126 Å². The van der Waals surface area contributed by atoms with Crippen molar-refractivity contribution in [3.05, 3.63) is 35.1 Å². The fourth-order valence-electron chi connectivity index (χ4n) is 3.15. The molecule has 0 spiro atoms. The summed E-state index contributed by atoms with van der Waals surface area (Å²) in [5, 5.41) is 0. The maximum Gasteiger partial charge on any atom is 0.123 e. The summed E-state index contributed by atoms with van der Waals surface area (Å²) in [6.45, 7) is 7.54. The topological polar surface area (TPSA) is 29.3 Å². The molecule has 0 saturated carbocycles. The van der Waals surface area contributed by atoms with Crippen molar-refractivity contribution < 1.29 is 4.39 Å². The first kappa shape index (κ1) is 15.4. The zero-order valence-electron chi connectivity index (χ0n) is 12.3. The second-order valence-electron chi connectivity index (χ2n) is 5.83. The Hall–Kier alpha value is -1.00. The molecule has 0 aliphatic carbocycles. The average molecular weight is 294 g/mol. The Bertz CT molecular complexity index is 497. The van der Waals surface area contributed by atoms with Gasteiger partial charge in [-0.25, -0.2) is 4.39 Å². The predicted molar refractivity (Wildman–Crippen MR) is 85.2 cm³/mol. The Morgan fingerprint density at radius 3 is 2.65 bits per heavy atom. The van der Waals surface area contributed by atoms with Gasteiger partial charge in [0.1, 0.15) is 10.8 Å². The van der Waals surface area contributed by atoms with Crippen LogP contribution in [0.3, 0.4) is 0 Å². The normalized spacial score (nSPS) is 18.4. The van der Waals surface area contributed by atoms with Crippen molar-refractivity contribution in [3.8, 4) is 0 Å². The van der Waals surface area contributed by atoms with Crippen LogP contribution in [0.15, 0.2) is 18.2 Å². The zero-order chi connectivity index (χ0) is 14.8. The molecule has 1 aromatic carbocycles. The highest BCUT2D eigenvalue weighted by Gasteiger charge is 2.34. The highest BCUT2D eigenvalue weighted by atomic mass is 32.1. The van der Waals surface area contributed by atoms with Crippen molar-refractivity contribution in [1.29, 1.82) is 0 Å². The van der Waals surface area contributed by atoms with Gasteiger partial charge in [-0.05, 0) is 48.9 Å². The van der Waals surface area contributed by atoms with Crippen LogP contribution in [-0.2, 0) is 6.54 Å². The van der Waals surface area contributed by atoms with Gasteiger partial charge in [0.2, 0.25) is 0 Å². The third-order valence-corrected chi connectivity index (χ3v) is 4.97. The molecule has 0 aromatic heterocycles. The molecule has 2 nitrogen and oxygen atoms in total. The lowest BCUT2D eigenvalue weighted by Gasteiger charge is -2.26. The maximum atomic E-state index is 13.3. The molecular weight excluding hydrogens is 271 g/mol. The molecule has 0 unspecified atom stereocenters. The molecule has 2 rings (SSSR count). The highest BCUT2D eigenvalue weighted by molar-refractivity contribution is 7.80. The molecule has 1 aliphatic rings. The third-order valence-electron chi connectivity index (χ3n) is 4.75. The molecular formula is C16H23FN2S. The monoisotopic (exact) mass is 294 g/mol. The average Bonchev–Trinajstić information content (AvgIpc) is 2.84. The minimum Gasteiger partial charge on any atom is -0.389 e. The van der Waals surface area contributed by atoms with E-state index in [9.17, 15) is 4.39 Å². The van der Waals surface area contributed by atoms with Crippen LogP contribution in [0.25, 0.3) is 0 Å². The van der Waals surface area contributed by atoms with Gasteiger partial charge < -0.3 is 5.73 Å². The molecule has 1 heterocycles. The van der Waals surface area contributed by atoms with Crippen molar-refractivity contribution in [1.82, 2.24) is 4.90 Å². The number of thiocarbonyl (C=S) groups is 1. The van der Waals surface area contributed by atoms with Gasteiger partial charge in [0, 0.05) is 18.7 Å². The molecule has 20 heavy (non-hydrogen) atoms. The van der Waals surface area contributed by atoms with Gasteiger partial charge in [0.15, 0.2) is 0 Å². The van der Waals surface area contributed by atoms with Gasteiger partial charge >= 0.3 is 0 Å². The highest BCUT2D eigenvalue weighted by Crippen LogP contribution is 2.37. The van der Waals surface area contributed by atoms with E-state index in [2.05, 4.69) is 18.7 Å². The standard InChI is InChI=1S/C16H23FN2S/c1-3-16(4-2)7-8-19(11-16)10-12-5-6-13(17)9-14(12)15(18)20/h5-6,9H,3-4,7-8,10-11H2,1-2H3,(H2,18,20). The van der Waals surface area contributed by atoms with E-state index in [4.69, 9.17) is 18.0 Å². The summed E-state index contributed by atoms with van der Waals surface area (Å²) >= 11 is 5.03. The summed E-state index contributed by atoms with van der Waals surface area (Å²) < 4.78 is 13.3. The fraction of sp³-hybridized carbons (Fsp3) is 0.562. The summed E-state index contributed by atoms with van der Waals surface area (Å²) in [5.74, 6) is -0.283. The number of likely N-dealkylation sites (tertiary alicyclic amines) is 1. The Morgan fingerprint density at radius 2 is 2.10 bits per heavy atom. The molecule has 0 amide bonds. The van der Waals surface area contributed by atoms with E-state index in [0.717, 1.165) is 25.2 Å². The first-order valence-corrected chi connectivity index (χ1v) is 7.71. The third kappa shape index (κ3) is 3.18. The van der Waals surface area contributed by atoms with E-state index in [-0.39, 0.29) is 10.8 Å². The van der Waals surface area contributed by atoms with Crippen LogP contribution in [0, 0.1) is 11.2 Å². The first-order valence-electron chi connectivity index (χ1n) is 7.30. The van der Waals surface area contributed by atoms with Crippen molar-refractivity contribution in [2.45, 2.75) is 39.7 Å². The number of benzene rings is 1. The van der Waals surface area contributed by atoms with Crippen molar-refractivity contribution in [3.63, 3.8) is 0 Å². The quantitative estimate of drug-likeness (QED) is 0.843. The van der Waals surface area contributed by atoms with E-state index in [1.165, 1.54) is 31.4 Å². The van der Waals surface area contributed by atoms with E-state index in [0.29, 0.717) is 11.0 Å². The summed E-state index contributed by atoms with van der Waals surface area (Å²) in [7, 11) is 0.